The molecule has 1 aliphatic rings. The number of para-hydroxylation sites is 1. The Balaban J connectivity index is 1.49. The van der Waals surface area contributed by atoms with E-state index in [2.05, 4.69) is 15.4 Å². The number of alkyl carbamates (subject to hydrolysis) is 1. The molecule has 2 N–H and O–H groups in total. The summed E-state index contributed by atoms with van der Waals surface area (Å²) < 4.78 is 33.2. The van der Waals surface area contributed by atoms with Crippen molar-refractivity contribution in [2.75, 3.05) is 20.2 Å². The summed E-state index contributed by atoms with van der Waals surface area (Å²) in [5, 5.41) is 6.52. The Labute approximate surface area is 208 Å². The molecule has 1 amide bonds. The van der Waals surface area contributed by atoms with Gasteiger partial charge in [-0.3, -0.25) is 4.79 Å². The van der Waals surface area contributed by atoms with Crippen LogP contribution >= 0.6 is 0 Å². The molecule has 9 heteroatoms. The molecular weight excluding hydrogens is 478 g/mol. The van der Waals surface area contributed by atoms with Crippen molar-refractivity contribution in [2.24, 2.45) is 5.92 Å². The van der Waals surface area contributed by atoms with Gasteiger partial charge < -0.3 is 15.4 Å². The SMILES string of the molecule is COC(=O)NC(C(=O)c1ccc(S(=O)(=O)n2cc(-c3ccccc3)c3ccccc32)cc1)C1CNC1. The van der Waals surface area contributed by atoms with Crippen molar-refractivity contribution in [1.82, 2.24) is 14.6 Å². The van der Waals surface area contributed by atoms with Crippen LogP contribution in [0.25, 0.3) is 22.0 Å². The highest BCUT2D eigenvalue weighted by Gasteiger charge is 2.34. The Kier molecular flexibility index (Phi) is 6.34. The zero-order chi connectivity index (χ0) is 25.3. The number of carbonyl (C=O) groups is 2. The Morgan fingerprint density at radius 1 is 0.972 bits per heavy atom. The fourth-order valence-electron chi connectivity index (χ4n) is 4.41. The topological polar surface area (TPSA) is 106 Å². The summed E-state index contributed by atoms with van der Waals surface area (Å²) in [4.78, 5) is 25.0. The van der Waals surface area contributed by atoms with Gasteiger partial charge in [0, 0.05) is 41.7 Å². The van der Waals surface area contributed by atoms with E-state index < -0.39 is 22.2 Å². The maximum absolute atomic E-state index is 13.7. The first-order valence-corrected chi connectivity index (χ1v) is 12.9. The van der Waals surface area contributed by atoms with Crippen molar-refractivity contribution in [3.05, 3.63) is 90.6 Å². The van der Waals surface area contributed by atoms with E-state index in [1.165, 1.54) is 35.3 Å². The molecule has 3 aromatic carbocycles. The maximum Gasteiger partial charge on any atom is 0.407 e. The largest absolute Gasteiger partial charge is 0.453 e. The van der Waals surface area contributed by atoms with Gasteiger partial charge in [-0.25, -0.2) is 17.2 Å². The number of ether oxygens (including phenoxy) is 1. The highest BCUT2D eigenvalue weighted by Crippen LogP contribution is 2.33. The van der Waals surface area contributed by atoms with Crippen LogP contribution in [0.2, 0.25) is 0 Å². The average molecular weight is 504 g/mol. The first-order valence-electron chi connectivity index (χ1n) is 11.5. The molecule has 0 aliphatic carbocycles. The molecule has 4 aromatic rings. The van der Waals surface area contributed by atoms with Crippen LogP contribution in [-0.4, -0.2) is 50.5 Å². The predicted octanol–water partition coefficient (Wildman–Crippen LogP) is 3.67. The molecule has 1 saturated heterocycles. The van der Waals surface area contributed by atoms with Crippen molar-refractivity contribution < 1.29 is 22.7 Å². The third kappa shape index (κ3) is 4.27. The zero-order valence-electron chi connectivity index (χ0n) is 19.5. The lowest BCUT2D eigenvalue weighted by Gasteiger charge is -2.33. The van der Waals surface area contributed by atoms with Crippen molar-refractivity contribution in [1.29, 1.82) is 0 Å². The highest BCUT2D eigenvalue weighted by atomic mass is 32.2. The summed E-state index contributed by atoms with van der Waals surface area (Å²) in [6, 6.07) is 22.0. The number of aromatic nitrogens is 1. The summed E-state index contributed by atoms with van der Waals surface area (Å²) in [7, 11) is -2.70. The van der Waals surface area contributed by atoms with E-state index in [9.17, 15) is 18.0 Å². The van der Waals surface area contributed by atoms with Crippen molar-refractivity contribution >= 4 is 32.8 Å². The molecule has 0 spiro atoms. The van der Waals surface area contributed by atoms with Gasteiger partial charge in [0.2, 0.25) is 0 Å². The first-order chi connectivity index (χ1) is 17.4. The monoisotopic (exact) mass is 503 g/mol. The first kappa shape index (κ1) is 23.8. The number of rotatable bonds is 7. The van der Waals surface area contributed by atoms with Crippen LogP contribution in [0, 0.1) is 5.92 Å². The van der Waals surface area contributed by atoms with E-state index in [1.807, 2.05) is 42.5 Å². The third-order valence-electron chi connectivity index (χ3n) is 6.48. The van der Waals surface area contributed by atoms with Gasteiger partial charge in [-0.05, 0) is 35.9 Å². The molecule has 0 bridgehead atoms. The predicted molar refractivity (Wildman–Crippen MR) is 136 cm³/mol. The number of amides is 1. The summed E-state index contributed by atoms with van der Waals surface area (Å²) in [5.74, 6) is -0.365. The number of ketones is 1. The van der Waals surface area contributed by atoms with Gasteiger partial charge in [0.05, 0.1) is 17.5 Å². The molecule has 5 rings (SSSR count). The zero-order valence-corrected chi connectivity index (χ0v) is 20.4. The molecule has 0 saturated carbocycles. The van der Waals surface area contributed by atoms with E-state index in [1.54, 1.807) is 18.3 Å². The number of Topliss-reactive ketones (excluding diaryl/α,β-unsaturated/α-hetero) is 1. The smallest absolute Gasteiger partial charge is 0.407 e. The molecule has 2 heterocycles. The summed E-state index contributed by atoms with van der Waals surface area (Å²) in [6.45, 7) is 1.19. The number of carbonyl (C=O) groups excluding carboxylic acids is 2. The van der Waals surface area contributed by atoms with E-state index >= 15 is 0 Å². The number of methoxy groups -OCH3 is 1. The average Bonchev–Trinajstić information content (AvgIpc) is 3.28. The van der Waals surface area contributed by atoms with Gasteiger partial charge in [0.15, 0.2) is 5.78 Å². The van der Waals surface area contributed by atoms with Crippen LogP contribution in [-0.2, 0) is 14.8 Å². The van der Waals surface area contributed by atoms with Crippen LogP contribution in [0.1, 0.15) is 10.4 Å². The van der Waals surface area contributed by atoms with Crippen LogP contribution in [0.3, 0.4) is 0 Å². The molecule has 1 aromatic heterocycles. The van der Waals surface area contributed by atoms with E-state index in [0.717, 1.165) is 16.5 Å². The Bertz CT molecular complexity index is 1520. The fourth-order valence-corrected chi connectivity index (χ4v) is 5.78. The number of hydrogen-bond acceptors (Lipinski definition) is 6. The molecule has 1 aliphatic heterocycles. The molecule has 1 fully saturated rings. The van der Waals surface area contributed by atoms with Crippen molar-refractivity contribution in [3.8, 4) is 11.1 Å². The summed E-state index contributed by atoms with van der Waals surface area (Å²) in [6.07, 6.45) is 0.946. The van der Waals surface area contributed by atoms with Crippen LogP contribution < -0.4 is 10.6 Å². The maximum atomic E-state index is 13.7. The molecule has 1 atom stereocenters. The number of hydrogen-bond donors (Lipinski definition) is 2. The van der Waals surface area contributed by atoms with Crippen LogP contribution in [0.5, 0.6) is 0 Å². The van der Waals surface area contributed by atoms with Gasteiger partial charge in [-0.1, -0.05) is 48.5 Å². The number of benzene rings is 3. The lowest BCUT2D eigenvalue weighted by molar-refractivity contribution is 0.0861. The summed E-state index contributed by atoms with van der Waals surface area (Å²) in [5.41, 5.74) is 2.60. The molecule has 36 heavy (non-hydrogen) atoms. The standard InChI is InChI=1S/C27H25N3O5S/c1-35-27(32)29-25(20-15-28-16-20)26(31)19-11-13-21(14-12-19)36(33,34)30-17-23(18-7-3-2-4-8-18)22-9-5-6-10-24(22)30/h2-14,17,20,25,28H,15-16H2,1H3,(H,29,32). The Morgan fingerprint density at radius 3 is 2.28 bits per heavy atom. The van der Waals surface area contributed by atoms with E-state index in [4.69, 9.17) is 0 Å². The van der Waals surface area contributed by atoms with Gasteiger partial charge in [0.1, 0.15) is 6.04 Å². The molecular formula is C27H25N3O5S. The second-order valence-electron chi connectivity index (χ2n) is 8.65. The minimum atomic E-state index is -3.94. The molecule has 184 valence electrons. The number of fused-ring (bicyclic) bond motifs is 1. The van der Waals surface area contributed by atoms with Gasteiger partial charge in [0.25, 0.3) is 10.0 Å². The Hall–Kier alpha value is -3.95. The van der Waals surface area contributed by atoms with Gasteiger partial charge in [-0.15, -0.1) is 0 Å². The second kappa shape index (κ2) is 9.60. The normalized spacial score (nSPS) is 14.7. The van der Waals surface area contributed by atoms with Crippen LogP contribution in [0.4, 0.5) is 4.79 Å². The lowest BCUT2D eigenvalue weighted by atomic mass is 9.88. The lowest BCUT2D eigenvalue weighted by Crippen LogP contribution is -2.57. The number of nitrogens with one attached hydrogen (secondary N) is 2. The quantitative estimate of drug-likeness (QED) is 0.373. The minimum Gasteiger partial charge on any atom is -0.453 e. The van der Waals surface area contributed by atoms with Crippen molar-refractivity contribution in [2.45, 2.75) is 10.9 Å². The van der Waals surface area contributed by atoms with E-state index in [0.29, 0.717) is 24.2 Å². The van der Waals surface area contributed by atoms with Gasteiger partial charge >= 0.3 is 6.09 Å². The van der Waals surface area contributed by atoms with Crippen LogP contribution in [0.15, 0.2) is 90.0 Å². The minimum absolute atomic E-state index is 0.0576. The fraction of sp³-hybridized carbons (Fsp3) is 0.185. The van der Waals surface area contributed by atoms with E-state index in [-0.39, 0.29) is 16.6 Å². The summed E-state index contributed by atoms with van der Waals surface area (Å²) >= 11 is 0. The Morgan fingerprint density at radius 2 is 1.64 bits per heavy atom. The molecule has 1 unspecified atom stereocenters. The third-order valence-corrected chi connectivity index (χ3v) is 8.17. The molecule has 8 nitrogen and oxygen atoms in total. The number of nitrogens with zero attached hydrogens (tertiary/aromatic N) is 1. The second-order valence-corrected chi connectivity index (χ2v) is 10.5. The van der Waals surface area contributed by atoms with Gasteiger partial charge in [-0.2, -0.15) is 0 Å². The van der Waals surface area contributed by atoms with Crippen molar-refractivity contribution in [3.63, 3.8) is 0 Å². The molecule has 0 radical (unpaired) electrons. The highest BCUT2D eigenvalue weighted by molar-refractivity contribution is 7.90.